The standard InChI is InChI=1S/C22H16F2O10/c23-11-6-14(28)13(27)3-8(11)21-17(5-9-12(26)1-7(25)2-16(9)33-21)34-22(32)10-4-15(29)19(30)20(31)18(10)24/h1-4,6,17,21,25-31H,5H2. The molecule has 0 aromatic heterocycles. The number of benzene rings is 3. The fourth-order valence-electron chi connectivity index (χ4n) is 3.57. The van der Waals surface area contributed by atoms with Crippen molar-refractivity contribution in [3.63, 3.8) is 0 Å². The minimum Gasteiger partial charge on any atom is -0.508 e. The molecular formula is C22H16F2O10. The number of fused-ring (bicyclic) bond motifs is 1. The molecule has 0 radical (unpaired) electrons. The molecule has 1 aliphatic rings. The predicted molar refractivity (Wildman–Crippen MR) is 107 cm³/mol. The molecule has 178 valence electrons. The second-order valence-corrected chi connectivity index (χ2v) is 7.44. The fourth-order valence-corrected chi connectivity index (χ4v) is 3.57. The average Bonchev–Trinajstić information content (AvgIpc) is 2.77. The van der Waals surface area contributed by atoms with Gasteiger partial charge in [-0.25, -0.2) is 13.6 Å². The Morgan fingerprint density at radius 1 is 0.853 bits per heavy atom. The van der Waals surface area contributed by atoms with Crippen LogP contribution in [0.15, 0.2) is 30.3 Å². The number of ether oxygens (including phenoxy) is 2. The van der Waals surface area contributed by atoms with Crippen LogP contribution in [0.5, 0.6) is 46.0 Å². The van der Waals surface area contributed by atoms with E-state index in [1.807, 2.05) is 0 Å². The van der Waals surface area contributed by atoms with Crippen molar-refractivity contribution in [1.82, 2.24) is 0 Å². The molecule has 2 unspecified atom stereocenters. The van der Waals surface area contributed by atoms with Gasteiger partial charge in [0, 0.05) is 41.8 Å². The zero-order valence-electron chi connectivity index (χ0n) is 16.9. The number of esters is 1. The lowest BCUT2D eigenvalue weighted by Gasteiger charge is -2.34. The molecule has 2 atom stereocenters. The lowest BCUT2D eigenvalue weighted by Crippen LogP contribution is -2.35. The van der Waals surface area contributed by atoms with Gasteiger partial charge in [-0.05, 0) is 6.07 Å². The minimum absolute atomic E-state index is 0.0483. The van der Waals surface area contributed by atoms with E-state index >= 15 is 0 Å². The van der Waals surface area contributed by atoms with Gasteiger partial charge in [-0.1, -0.05) is 0 Å². The van der Waals surface area contributed by atoms with Gasteiger partial charge in [0.25, 0.3) is 0 Å². The van der Waals surface area contributed by atoms with Crippen LogP contribution in [0.1, 0.15) is 27.6 Å². The molecule has 10 nitrogen and oxygen atoms in total. The molecule has 0 spiro atoms. The summed E-state index contributed by atoms with van der Waals surface area (Å²) >= 11 is 0. The lowest BCUT2D eigenvalue weighted by molar-refractivity contribution is -0.0203. The molecule has 34 heavy (non-hydrogen) atoms. The van der Waals surface area contributed by atoms with Crippen molar-refractivity contribution in [2.24, 2.45) is 0 Å². The van der Waals surface area contributed by atoms with Gasteiger partial charge in [0.2, 0.25) is 5.75 Å². The first-order valence-corrected chi connectivity index (χ1v) is 9.55. The zero-order valence-corrected chi connectivity index (χ0v) is 16.9. The van der Waals surface area contributed by atoms with Gasteiger partial charge in [0.1, 0.15) is 34.7 Å². The topological polar surface area (TPSA) is 177 Å². The minimum atomic E-state index is -1.60. The molecule has 3 aromatic rings. The van der Waals surface area contributed by atoms with Crippen LogP contribution in [0.4, 0.5) is 8.78 Å². The fraction of sp³-hybridized carbons (Fsp3) is 0.136. The van der Waals surface area contributed by atoms with E-state index in [9.17, 15) is 49.3 Å². The van der Waals surface area contributed by atoms with Crippen molar-refractivity contribution < 1.29 is 58.8 Å². The molecule has 0 fully saturated rings. The summed E-state index contributed by atoms with van der Waals surface area (Å²) in [5.74, 6) is -10.2. The first-order valence-electron chi connectivity index (χ1n) is 9.55. The van der Waals surface area contributed by atoms with Crippen LogP contribution in [0.2, 0.25) is 0 Å². The van der Waals surface area contributed by atoms with E-state index in [1.54, 1.807) is 0 Å². The Morgan fingerprint density at radius 3 is 2.24 bits per heavy atom. The molecule has 12 heteroatoms. The number of phenols is 7. The quantitative estimate of drug-likeness (QED) is 0.219. The van der Waals surface area contributed by atoms with Crippen LogP contribution in [0.3, 0.4) is 0 Å². The van der Waals surface area contributed by atoms with Crippen molar-refractivity contribution in [2.75, 3.05) is 0 Å². The molecule has 1 heterocycles. The zero-order chi connectivity index (χ0) is 24.9. The van der Waals surface area contributed by atoms with E-state index in [-0.39, 0.29) is 17.7 Å². The van der Waals surface area contributed by atoms with Gasteiger partial charge in [0.05, 0.1) is 0 Å². The molecule has 4 rings (SSSR count). The third-order valence-electron chi connectivity index (χ3n) is 5.24. The number of carbonyl (C=O) groups is 1. The van der Waals surface area contributed by atoms with E-state index in [2.05, 4.69) is 0 Å². The van der Waals surface area contributed by atoms with E-state index in [1.165, 1.54) is 0 Å². The van der Waals surface area contributed by atoms with Crippen LogP contribution in [-0.2, 0) is 11.2 Å². The van der Waals surface area contributed by atoms with Crippen LogP contribution < -0.4 is 4.74 Å². The van der Waals surface area contributed by atoms with E-state index in [4.69, 9.17) is 9.47 Å². The smallest absolute Gasteiger partial charge is 0.341 e. The van der Waals surface area contributed by atoms with Gasteiger partial charge in [-0.3, -0.25) is 0 Å². The van der Waals surface area contributed by atoms with Gasteiger partial charge in [0.15, 0.2) is 34.9 Å². The predicted octanol–water partition coefficient (Wildman–Crippen LogP) is 2.81. The highest BCUT2D eigenvalue weighted by atomic mass is 19.1. The summed E-state index contributed by atoms with van der Waals surface area (Å²) in [7, 11) is 0. The van der Waals surface area contributed by atoms with E-state index in [0.717, 1.165) is 18.2 Å². The van der Waals surface area contributed by atoms with Gasteiger partial charge in [-0.2, -0.15) is 0 Å². The third kappa shape index (κ3) is 3.74. The Balaban J connectivity index is 1.78. The van der Waals surface area contributed by atoms with E-state index in [0.29, 0.717) is 12.1 Å². The summed E-state index contributed by atoms with van der Waals surface area (Å²) in [5.41, 5.74) is -1.31. The van der Waals surface area contributed by atoms with Gasteiger partial charge < -0.3 is 45.2 Å². The summed E-state index contributed by atoms with van der Waals surface area (Å²) in [5, 5.41) is 67.8. The highest BCUT2D eigenvalue weighted by molar-refractivity contribution is 5.91. The van der Waals surface area contributed by atoms with Gasteiger partial charge >= 0.3 is 5.97 Å². The van der Waals surface area contributed by atoms with Crippen molar-refractivity contribution in [1.29, 1.82) is 0 Å². The van der Waals surface area contributed by atoms with Gasteiger partial charge in [-0.15, -0.1) is 0 Å². The second-order valence-electron chi connectivity index (χ2n) is 7.44. The van der Waals surface area contributed by atoms with Crippen molar-refractivity contribution in [3.8, 4) is 46.0 Å². The Labute approximate surface area is 188 Å². The van der Waals surface area contributed by atoms with Crippen LogP contribution in [0.25, 0.3) is 0 Å². The molecule has 1 aliphatic heterocycles. The molecule has 0 aliphatic carbocycles. The maximum Gasteiger partial charge on any atom is 0.341 e. The average molecular weight is 478 g/mol. The highest BCUT2D eigenvalue weighted by Gasteiger charge is 2.39. The number of hydrogen-bond donors (Lipinski definition) is 7. The molecule has 3 aromatic carbocycles. The van der Waals surface area contributed by atoms with Crippen molar-refractivity contribution >= 4 is 5.97 Å². The second kappa shape index (κ2) is 8.06. The molecular weight excluding hydrogens is 462 g/mol. The Morgan fingerprint density at radius 2 is 1.53 bits per heavy atom. The molecule has 0 amide bonds. The van der Waals surface area contributed by atoms with Crippen molar-refractivity contribution in [2.45, 2.75) is 18.6 Å². The normalized spacial score (nSPS) is 17.0. The molecule has 0 saturated heterocycles. The molecule has 0 saturated carbocycles. The lowest BCUT2D eigenvalue weighted by atomic mass is 9.93. The van der Waals surface area contributed by atoms with E-state index < -0.39 is 81.2 Å². The number of carbonyl (C=O) groups excluding carboxylic acids is 1. The number of rotatable bonds is 3. The Hall–Kier alpha value is -4.61. The van der Waals surface area contributed by atoms with Crippen LogP contribution >= 0.6 is 0 Å². The molecule has 0 bridgehead atoms. The first-order chi connectivity index (χ1) is 16.0. The summed E-state index contributed by atoms with van der Waals surface area (Å²) in [6.07, 6.45) is -3.34. The number of phenolic OH excluding ortho intramolecular Hbond substituents is 7. The Kier molecular flexibility index (Phi) is 5.36. The summed E-state index contributed by atoms with van der Waals surface area (Å²) < 4.78 is 39.9. The van der Waals surface area contributed by atoms with Crippen molar-refractivity contribution in [3.05, 3.63) is 58.7 Å². The first kappa shape index (κ1) is 22.6. The van der Waals surface area contributed by atoms with Crippen LogP contribution in [0, 0.1) is 11.6 Å². The number of hydrogen-bond acceptors (Lipinski definition) is 10. The van der Waals surface area contributed by atoms with Crippen LogP contribution in [-0.4, -0.2) is 47.8 Å². The number of halogens is 2. The SMILES string of the molecule is O=C(OC1Cc2c(O)cc(O)cc2OC1c1cc(O)c(O)cc1F)c1cc(O)c(O)c(O)c1F. The maximum absolute atomic E-state index is 14.7. The summed E-state index contributed by atoms with van der Waals surface area (Å²) in [6, 6.07) is 3.97. The summed E-state index contributed by atoms with van der Waals surface area (Å²) in [6.45, 7) is 0. The number of aromatic hydroxyl groups is 7. The summed E-state index contributed by atoms with van der Waals surface area (Å²) in [4.78, 5) is 12.7. The largest absolute Gasteiger partial charge is 0.508 e. The third-order valence-corrected chi connectivity index (χ3v) is 5.24. The monoisotopic (exact) mass is 478 g/mol. The molecule has 7 N–H and O–H groups in total. The highest BCUT2D eigenvalue weighted by Crippen LogP contribution is 2.45. The Bertz CT molecular complexity index is 1320. The maximum atomic E-state index is 14.7.